The SMILES string of the molecule is CSC(=NC#N)N1CCCC(SC)C1. The van der Waals surface area contributed by atoms with Gasteiger partial charge in [-0.25, -0.2) is 0 Å². The lowest BCUT2D eigenvalue weighted by atomic mass is 10.1. The number of nitriles is 1. The Balaban J connectivity index is 2.58. The second-order valence-electron chi connectivity index (χ2n) is 3.14. The number of hydrogen-bond donors (Lipinski definition) is 0. The van der Waals surface area contributed by atoms with E-state index in [-0.39, 0.29) is 0 Å². The smallest absolute Gasteiger partial charge is 0.208 e. The zero-order valence-corrected chi connectivity index (χ0v) is 10.2. The molecule has 3 nitrogen and oxygen atoms in total. The van der Waals surface area contributed by atoms with Crippen LogP contribution in [0.25, 0.3) is 0 Å². The number of amidine groups is 1. The summed E-state index contributed by atoms with van der Waals surface area (Å²) in [4.78, 5) is 6.06. The minimum Gasteiger partial charge on any atom is -0.349 e. The van der Waals surface area contributed by atoms with Gasteiger partial charge in [0.2, 0.25) is 6.19 Å². The first kappa shape index (κ1) is 11.7. The van der Waals surface area contributed by atoms with Crippen molar-refractivity contribution in [2.45, 2.75) is 18.1 Å². The van der Waals surface area contributed by atoms with Crippen molar-refractivity contribution >= 4 is 28.7 Å². The molecule has 1 unspecified atom stereocenters. The monoisotopic (exact) mass is 229 g/mol. The Bertz CT molecular complexity index is 247. The van der Waals surface area contributed by atoms with Gasteiger partial charge in [0.05, 0.1) is 0 Å². The van der Waals surface area contributed by atoms with E-state index in [0.29, 0.717) is 5.25 Å². The molecule has 5 heteroatoms. The molecule has 0 radical (unpaired) electrons. The summed E-state index contributed by atoms with van der Waals surface area (Å²) in [6.07, 6.45) is 8.47. The summed E-state index contributed by atoms with van der Waals surface area (Å²) in [5.41, 5.74) is 0. The highest BCUT2D eigenvalue weighted by Crippen LogP contribution is 2.22. The standard InChI is InChI=1S/C9H15N3S2/c1-13-8-4-3-5-12(6-8)9(14-2)11-7-10/h8H,3-6H2,1-2H3. The average molecular weight is 229 g/mol. The van der Waals surface area contributed by atoms with Crippen molar-refractivity contribution in [3.63, 3.8) is 0 Å². The molecule has 0 amide bonds. The predicted octanol–water partition coefficient (Wildman–Crippen LogP) is 2.01. The lowest BCUT2D eigenvalue weighted by Gasteiger charge is -2.32. The second kappa shape index (κ2) is 6.20. The molecule has 0 bridgehead atoms. The molecule has 1 rings (SSSR count). The van der Waals surface area contributed by atoms with Gasteiger partial charge in [0.25, 0.3) is 0 Å². The molecule has 0 aromatic carbocycles. The number of thioether (sulfide) groups is 2. The summed E-state index contributed by atoms with van der Waals surface area (Å²) >= 11 is 3.46. The Hall–Kier alpha value is -0.340. The average Bonchev–Trinajstić information content (AvgIpc) is 2.26. The van der Waals surface area contributed by atoms with Crippen LogP contribution in [0.1, 0.15) is 12.8 Å². The van der Waals surface area contributed by atoms with Crippen molar-refractivity contribution in [1.29, 1.82) is 5.26 Å². The number of hydrogen-bond acceptors (Lipinski definition) is 4. The fourth-order valence-corrected chi connectivity index (χ4v) is 2.88. The first-order valence-corrected chi connectivity index (χ1v) is 7.11. The minimum atomic E-state index is 0.694. The topological polar surface area (TPSA) is 39.4 Å². The van der Waals surface area contributed by atoms with Crippen LogP contribution in [-0.2, 0) is 0 Å². The third kappa shape index (κ3) is 3.10. The third-order valence-corrected chi connectivity index (χ3v) is 4.08. The highest BCUT2D eigenvalue weighted by Gasteiger charge is 2.21. The summed E-state index contributed by atoms with van der Waals surface area (Å²) in [5, 5.41) is 10.1. The maximum atomic E-state index is 8.54. The van der Waals surface area contributed by atoms with E-state index in [4.69, 9.17) is 5.26 Å². The van der Waals surface area contributed by atoms with Crippen molar-refractivity contribution in [2.24, 2.45) is 4.99 Å². The molecule has 0 spiro atoms. The highest BCUT2D eigenvalue weighted by molar-refractivity contribution is 8.13. The van der Waals surface area contributed by atoms with E-state index in [1.165, 1.54) is 12.8 Å². The van der Waals surface area contributed by atoms with Gasteiger partial charge in [-0.15, -0.1) is 4.99 Å². The molecule has 0 aromatic rings. The summed E-state index contributed by atoms with van der Waals surface area (Å²) in [7, 11) is 0. The maximum absolute atomic E-state index is 8.54. The molecule has 0 N–H and O–H groups in total. The zero-order valence-electron chi connectivity index (χ0n) is 8.56. The van der Waals surface area contributed by atoms with Gasteiger partial charge in [-0.1, -0.05) is 11.8 Å². The summed E-state index contributed by atoms with van der Waals surface area (Å²) in [6, 6.07) is 0. The molecule has 0 aromatic heterocycles. The molecule has 1 aliphatic heterocycles. The number of likely N-dealkylation sites (tertiary alicyclic amines) is 1. The number of nitrogens with zero attached hydrogens (tertiary/aromatic N) is 3. The summed E-state index contributed by atoms with van der Waals surface area (Å²) in [6.45, 7) is 2.07. The van der Waals surface area contributed by atoms with Crippen molar-refractivity contribution in [3.05, 3.63) is 0 Å². The first-order valence-electron chi connectivity index (χ1n) is 4.60. The van der Waals surface area contributed by atoms with Gasteiger partial charge in [0.1, 0.15) is 0 Å². The van der Waals surface area contributed by atoms with Crippen molar-refractivity contribution < 1.29 is 0 Å². The minimum absolute atomic E-state index is 0.694. The van der Waals surface area contributed by atoms with E-state index in [9.17, 15) is 0 Å². The van der Waals surface area contributed by atoms with Crippen LogP contribution < -0.4 is 0 Å². The number of rotatable bonds is 1. The molecule has 1 heterocycles. The Morgan fingerprint density at radius 2 is 2.36 bits per heavy atom. The van der Waals surface area contributed by atoms with Crippen LogP contribution in [0.5, 0.6) is 0 Å². The van der Waals surface area contributed by atoms with E-state index in [1.807, 2.05) is 24.2 Å². The summed E-state index contributed by atoms with van der Waals surface area (Å²) in [5.74, 6) is 0. The molecule has 0 saturated carbocycles. The van der Waals surface area contributed by atoms with Crippen LogP contribution in [0.4, 0.5) is 0 Å². The largest absolute Gasteiger partial charge is 0.349 e. The van der Waals surface area contributed by atoms with Crippen LogP contribution in [0.2, 0.25) is 0 Å². The molecule has 1 saturated heterocycles. The number of piperidine rings is 1. The lowest BCUT2D eigenvalue weighted by Crippen LogP contribution is -2.39. The van der Waals surface area contributed by atoms with E-state index in [1.54, 1.807) is 11.8 Å². The van der Waals surface area contributed by atoms with E-state index in [0.717, 1.165) is 18.3 Å². The van der Waals surface area contributed by atoms with Gasteiger partial charge in [0, 0.05) is 18.3 Å². The Labute approximate surface area is 93.9 Å². The third-order valence-electron chi connectivity index (χ3n) is 2.31. The van der Waals surface area contributed by atoms with Crippen molar-refractivity contribution in [2.75, 3.05) is 25.6 Å². The zero-order chi connectivity index (χ0) is 10.4. The molecule has 78 valence electrons. The van der Waals surface area contributed by atoms with Gasteiger partial charge in [-0.05, 0) is 25.4 Å². The van der Waals surface area contributed by atoms with E-state index in [2.05, 4.69) is 16.1 Å². The second-order valence-corrected chi connectivity index (χ2v) is 5.06. The lowest BCUT2D eigenvalue weighted by molar-refractivity contribution is 0.356. The highest BCUT2D eigenvalue weighted by atomic mass is 32.2. The van der Waals surface area contributed by atoms with E-state index >= 15 is 0 Å². The molecule has 1 fully saturated rings. The Kier molecular flexibility index (Phi) is 5.20. The quantitative estimate of drug-likeness (QED) is 0.392. The molecule has 0 aliphatic carbocycles. The van der Waals surface area contributed by atoms with Crippen LogP contribution in [0.15, 0.2) is 4.99 Å². The van der Waals surface area contributed by atoms with Crippen molar-refractivity contribution in [3.8, 4) is 6.19 Å². The molecule has 14 heavy (non-hydrogen) atoms. The van der Waals surface area contributed by atoms with Gasteiger partial charge in [-0.3, -0.25) is 0 Å². The van der Waals surface area contributed by atoms with Crippen molar-refractivity contribution in [1.82, 2.24) is 4.90 Å². The van der Waals surface area contributed by atoms with E-state index < -0.39 is 0 Å². The van der Waals surface area contributed by atoms with Crippen LogP contribution >= 0.6 is 23.5 Å². The molecular weight excluding hydrogens is 214 g/mol. The van der Waals surface area contributed by atoms with Gasteiger partial charge in [-0.2, -0.15) is 17.0 Å². The Morgan fingerprint density at radius 3 is 2.93 bits per heavy atom. The molecular formula is C9H15N3S2. The first-order chi connectivity index (χ1) is 6.81. The van der Waals surface area contributed by atoms with Crippen LogP contribution in [0.3, 0.4) is 0 Å². The predicted molar refractivity (Wildman–Crippen MR) is 64.7 cm³/mol. The van der Waals surface area contributed by atoms with Crippen LogP contribution in [-0.4, -0.2) is 40.9 Å². The van der Waals surface area contributed by atoms with Gasteiger partial charge in [0.15, 0.2) is 5.17 Å². The fourth-order valence-electron chi connectivity index (χ4n) is 1.59. The maximum Gasteiger partial charge on any atom is 0.208 e. The summed E-state index contributed by atoms with van der Waals surface area (Å²) < 4.78 is 0. The van der Waals surface area contributed by atoms with Crippen LogP contribution in [0, 0.1) is 11.5 Å². The fraction of sp³-hybridized carbons (Fsp3) is 0.778. The number of aliphatic imine (C=N–C) groups is 1. The molecule has 1 atom stereocenters. The van der Waals surface area contributed by atoms with Gasteiger partial charge < -0.3 is 4.90 Å². The van der Waals surface area contributed by atoms with Gasteiger partial charge >= 0.3 is 0 Å². The Morgan fingerprint density at radius 1 is 1.57 bits per heavy atom. The molecule has 1 aliphatic rings. The normalized spacial score (nSPS) is 23.4.